The minimum atomic E-state index is -0.455. The number of carbonyl (C=O) groups excluding carboxylic acids is 1. The summed E-state index contributed by atoms with van der Waals surface area (Å²) in [7, 11) is 3.25. The first-order chi connectivity index (χ1) is 11.3. The number of ether oxygens (including phenoxy) is 3. The average Bonchev–Trinajstić information content (AvgIpc) is 2.55. The Morgan fingerprint density at radius 1 is 1.00 bits per heavy atom. The van der Waals surface area contributed by atoms with Gasteiger partial charge in [0, 0.05) is 51.6 Å². The highest BCUT2D eigenvalue weighted by Crippen LogP contribution is 2.23. The van der Waals surface area contributed by atoms with E-state index >= 15 is 0 Å². The number of nitrogens with zero attached hydrogens (tertiary/aromatic N) is 2. The van der Waals surface area contributed by atoms with E-state index in [1.54, 1.807) is 19.1 Å². The van der Waals surface area contributed by atoms with Crippen LogP contribution in [0.25, 0.3) is 0 Å². The quantitative estimate of drug-likeness (QED) is 0.791. The third-order valence-electron chi connectivity index (χ3n) is 3.89. The van der Waals surface area contributed by atoms with Crippen LogP contribution in [0.4, 0.5) is 10.5 Å². The van der Waals surface area contributed by atoms with Crippen LogP contribution in [0.2, 0.25) is 0 Å². The van der Waals surface area contributed by atoms with E-state index in [1.807, 2.05) is 32.9 Å². The Kier molecular flexibility index (Phi) is 6.07. The molecule has 1 aliphatic rings. The van der Waals surface area contributed by atoms with Crippen molar-refractivity contribution in [1.29, 1.82) is 0 Å². The lowest BCUT2D eigenvalue weighted by atomic mass is 10.1. The van der Waals surface area contributed by atoms with Crippen molar-refractivity contribution in [2.24, 2.45) is 0 Å². The highest BCUT2D eigenvalue weighted by atomic mass is 16.7. The first-order valence-electron chi connectivity index (χ1n) is 8.22. The zero-order chi connectivity index (χ0) is 17.7. The van der Waals surface area contributed by atoms with Crippen LogP contribution < -0.4 is 4.90 Å². The number of rotatable bonds is 4. The van der Waals surface area contributed by atoms with E-state index in [0.29, 0.717) is 13.1 Å². The third-order valence-corrected chi connectivity index (χ3v) is 3.89. The molecular formula is C18H28N2O4. The number of carbonyl (C=O) groups is 1. The van der Waals surface area contributed by atoms with Gasteiger partial charge < -0.3 is 24.0 Å². The molecule has 1 aliphatic heterocycles. The summed E-state index contributed by atoms with van der Waals surface area (Å²) < 4.78 is 15.9. The predicted octanol–water partition coefficient (Wildman–Crippen LogP) is 3.04. The maximum absolute atomic E-state index is 12.1. The Labute approximate surface area is 144 Å². The van der Waals surface area contributed by atoms with E-state index in [-0.39, 0.29) is 12.4 Å². The molecule has 0 unspecified atom stereocenters. The number of hydrogen-bond donors (Lipinski definition) is 0. The fourth-order valence-corrected chi connectivity index (χ4v) is 2.68. The van der Waals surface area contributed by atoms with Crippen molar-refractivity contribution in [3.63, 3.8) is 0 Å². The molecule has 1 saturated heterocycles. The number of benzene rings is 1. The van der Waals surface area contributed by atoms with Gasteiger partial charge in [0.2, 0.25) is 0 Å². The second kappa shape index (κ2) is 7.85. The molecular weight excluding hydrogens is 308 g/mol. The van der Waals surface area contributed by atoms with E-state index in [2.05, 4.69) is 17.0 Å². The number of piperazine rings is 1. The Morgan fingerprint density at radius 3 is 2.00 bits per heavy atom. The SMILES string of the molecule is COC(OC)c1ccc(N2CCN(C(=O)OC(C)(C)C)CC2)cc1. The van der Waals surface area contributed by atoms with Gasteiger partial charge in [0.05, 0.1) is 0 Å². The van der Waals surface area contributed by atoms with Gasteiger partial charge in [0.25, 0.3) is 0 Å². The van der Waals surface area contributed by atoms with Crippen molar-refractivity contribution in [2.45, 2.75) is 32.7 Å². The summed E-state index contributed by atoms with van der Waals surface area (Å²) in [6.45, 7) is 8.56. The molecule has 6 nitrogen and oxygen atoms in total. The van der Waals surface area contributed by atoms with Crippen molar-refractivity contribution in [1.82, 2.24) is 4.90 Å². The molecule has 24 heavy (non-hydrogen) atoms. The second-order valence-corrected chi connectivity index (χ2v) is 6.85. The maximum Gasteiger partial charge on any atom is 0.410 e. The number of methoxy groups -OCH3 is 2. The fraction of sp³-hybridized carbons (Fsp3) is 0.611. The molecule has 1 amide bonds. The molecule has 1 fully saturated rings. The Morgan fingerprint density at radius 2 is 1.54 bits per heavy atom. The van der Waals surface area contributed by atoms with Crippen LogP contribution in [0.1, 0.15) is 32.6 Å². The third kappa shape index (κ3) is 4.85. The minimum Gasteiger partial charge on any atom is -0.444 e. The number of anilines is 1. The highest BCUT2D eigenvalue weighted by Gasteiger charge is 2.26. The highest BCUT2D eigenvalue weighted by molar-refractivity contribution is 5.68. The lowest BCUT2D eigenvalue weighted by Crippen LogP contribution is -2.50. The summed E-state index contributed by atoms with van der Waals surface area (Å²) in [5, 5.41) is 0. The maximum atomic E-state index is 12.1. The normalized spacial score (nSPS) is 15.8. The summed E-state index contributed by atoms with van der Waals surface area (Å²) in [5.41, 5.74) is 1.66. The topological polar surface area (TPSA) is 51.2 Å². The van der Waals surface area contributed by atoms with Crippen molar-refractivity contribution in [2.75, 3.05) is 45.3 Å². The average molecular weight is 336 g/mol. The molecule has 0 atom stereocenters. The summed E-state index contributed by atoms with van der Waals surface area (Å²) >= 11 is 0. The first-order valence-corrected chi connectivity index (χ1v) is 8.22. The van der Waals surface area contributed by atoms with E-state index in [9.17, 15) is 4.79 Å². The van der Waals surface area contributed by atoms with Gasteiger partial charge in [-0.3, -0.25) is 0 Å². The monoisotopic (exact) mass is 336 g/mol. The van der Waals surface area contributed by atoms with Crippen molar-refractivity contribution >= 4 is 11.8 Å². The van der Waals surface area contributed by atoms with Crippen LogP contribution in [0, 0.1) is 0 Å². The molecule has 134 valence electrons. The van der Waals surface area contributed by atoms with Gasteiger partial charge in [-0.1, -0.05) is 12.1 Å². The standard InChI is InChI=1S/C18H28N2O4/c1-18(2,3)24-17(21)20-12-10-19(11-13-20)15-8-6-14(7-9-15)16(22-4)23-5/h6-9,16H,10-13H2,1-5H3. The van der Waals surface area contributed by atoms with Crippen LogP contribution in [0.15, 0.2) is 24.3 Å². The van der Waals surface area contributed by atoms with Gasteiger partial charge in [-0.25, -0.2) is 4.79 Å². The summed E-state index contributed by atoms with van der Waals surface area (Å²) in [6.07, 6.45) is -0.580. The van der Waals surface area contributed by atoms with Crippen LogP contribution in [0.3, 0.4) is 0 Å². The molecule has 0 aromatic heterocycles. The van der Waals surface area contributed by atoms with Crippen LogP contribution in [0.5, 0.6) is 0 Å². The first kappa shape index (κ1) is 18.5. The second-order valence-electron chi connectivity index (χ2n) is 6.85. The van der Waals surface area contributed by atoms with Crippen LogP contribution in [-0.2, 0) is 14.2 Å². The van der Waals surface area contributed by atoms with Gasteiger partial charge in [-0.15, -0.1) is 0 Å². The van der Waals surface area contributed by atoms with Crippen molar-refractivity contribution in [3.8, 4) is 0 Å². The summed E-state index contributed by atoms with van der Waals surface area (Å²) in [4.78, 5) is 16.1. The lowest BCUT2D eigenvalue weighted by molar-refractivity contribution is -0.106. The summed E-state index contributed by atoms with van der Waals surface area (Å²) in [6, 6.07) is 8.13. The zero-order valence-electron chi connectivity index (χ0n) is 15.2. The number of amides is 1. The Balaban J connectivity index is 1.91. The van der Waals surface area contributed by atoms with Crippen LogP contribution in [-0.4, -0.2) is 57.0 Å². The van der Waals surface area contributed by atoms with E-state index < -0.39 is 5.60 Å². The minimum absolute atomic E-state index is 0.236. The molecule has 0 N–H and O–H groups in total. The largest absolute Gasteiger partial charge is 0.444 e. The van der Waals surface area contributed by atoms with Gasteiger partial charge >= 0.3 is 6.09 Å². The van der Waals surface area contributed by atoms with Gasteiger partial charge in [0.15, 0.2) is 6.29 Å². The molecule has 0 aliphatic carbocycles. The zero-order valence-corrected chi connectivity index (χ0v) is 15.2. The molecule has 6 heteroatoms. The fourth-order valence-electron chi connectivity index (χ4n) is 2.68. The molecule has 0 radical (unpaired) electrons. The van der Waals surface area contributed by atoms with Crippen molar-refractivity contribution < 1.29 is 19.0 Å². The Hall–Kier alpha value is -1.79. The van der Waals surface area contributed by atoms with Gasteiger partial charge in [-0.2, -0.15) is 0 Å². The predicted molar refractivity (Wildman–Crippen MR) is 93.2 cm³/mol. The molecule has 0 spiro atoms. The van der Waals surface area contributed by atoms with Crippen molar-refractivity contribution in [3.05, 3.63) is 29.8 Å². The van der Waals surface area contributed by atoms with Gasteiger partial charge in [0.1, 0.15) is 5.60 Å². The van der Waals surface area contributed by atoms with E-state index in [0.717, 1.165) is 24.3 Å². The molecule has 0 saturated carbocycles. The lowest BCUT2D eigenvalue weighted by Gasteiger charge is -2.36. The smallest absolute Gasteiger partial charge is 0.410 e. The van der Waals surface area contributed by atoms with Gasteiger partial charge in [-0.05, 0) is 32.9 Å². The van der Waals surface area contributed by atoms with E-state index in [4.69, 9.17) is 14.2 Å². The molecule has 1 heterocycles. The molecule has 2 rings (SSSR count). The number of hydrogen-bond acceptors (Lipinski definition) is 5. The van der Waals surface area contributed by atoms with Crippen LogP contribution >= 0.6 is 0 Å². The summed E-state index contributed by atoms with van der Waals surface area (Å²) in [5.74, 6) is 0. The molecule has 1 aromatic rings. The molecule has 0 bridgehead atoms. The Bertz CT molecular complexity index is 527. The van der Waals surface area contributed by atoms with E-state index in [1.165, 1.54) is 0 Å². The molecule has 1 aromatic carbocycles.